The standard InChI is InChI=1S/C15H22BrNO/c1-4-6-7-18-15-11(3)8-13(16)9-12(15)10-14(17)5-2/h4,6,8-9,14H,5,7,10,17H2,1-3H3/b6-4+. The van der Waals surface area contributed by atoms with E-state index in [4.69, 9.17) is 10.5 Å². The van der Waals surface area contributed by atoms with Gasteiger partial charge in [-0.2, -0.15) is 0 Å². The quantitative estimate of drug-likeness (QED) is 0.806. The number of rotatable bonds is 6. The summed E-state index contributed by atoms with van der Waals surface area (Å²) in [4.78, 5) is 0. The molecule has 100 valence electrons. The normalized spacial score (nSPS) is 12.9. The van der Waals surface area contributed by atoms with Crippen LogP contribution in [0.5, 0.6) is 5.75 Å². The van der Waals surface area contributed by atoms with E-state index in [1.54, 1.807) is 0 Å². The Balaban J connectivity index is 2.96. The van der Waals surface area contributed by atoms with E-state index < -0.39 is 0 Å². The Morgan fingerprint density at radius 1 is 1.44 bits per heavy atom. The fourth-order valence-corrected chi connectivity index (χ4v) is 2.43. The molecule has 0 heterocycles. The molecule has 1 aromatic rings. The number of halogens is 1. The molecule has 0 fully saturated rings. The molecule has 0 radical (unpaired) electrons. The van der Waals surface area contributed by atoms with Crippen LogP contribution in [0.3, 0.4) is 0 Å². The van der Waals surface area contributed by atoms with E-state index in [2.05, 4.69) is 41.9 Å². The molecule has 0 saturated carbocycles. The van der Waals surface area contributed by atoms with E-state index in [0.717, 1.165) is 28.6 Å². The Morgan fingerprint density at radius 3 is 2.78 bits per heavy atom. The van der Waals surface area contributed by atoms with Gasteiger partial charge in [-0.1, -0.05) is 35.0 Å². The van der Waals surface area contributed by atoms with Crippen molar-refractivity contribution < 1.29 is 4.74 Å². The first-order valence-corrected chi connectivity index (χ1v) is 7.16. The lowest BCUT2D eigenvalue weighted by molar-refractivity contribution is 0.354. The SMILES string of the molecule is C/C=C/COc1c(C)cc(Br)cc1CC(N)CC. The molecular weight excluding hydrogens is 290 g/mol. The summed E-state index contributed by atoms with van der Waals surface area (Å²) in [6.45, 7) is 6.77. The van der Waals surface area contributed by atoms with Gasteiger partial charge in [0.1, 0.15) is 12.4 Å². The van der Waals surface area contributed by atoms with Crippen molar-refractivity contribution in [2.75, 3.05) is 6.61 Å². The molecular formula is C15H22BrNO. The molecule has 0 aromatic heterocycles. The number of allylic oxidation sites excluding steroid dienone is 1. The second kappa shape index (κ2) is 7.59. The fraction of sp³-hybridized carbons (Fsp3) is 0.467. The van der Waals surface area contributed by atoms with Crippen molar-refractivity contribution in [2.45, 2.75) is 39.7 Å². The van der Waals surface area contributed by atoms with Gasteiger partial charge in [-0.3, -0.25) is 0 Å². The molecule has 0 amide bonds. The Kier molecular flexibility index (Phi) is 6.44. The minimum atomic E-state index is 0.183. The highest BCUT2D eigenvalue weighted by molar-refractivity contribution is 9.10. The molecule has 18 heavy (non-hydrogen) atoms. The lowest BCUT2D eigenvalue weighted by Crippen LogP contribution is -2.22. The number of hydrogen-bond donors (Lipinski definition) is 1. The van der Waals surface area contributed by atoms with E-state index in [9.17, 15) is 0 Å². The van der Waals surface area contributed by atoms with Crippen molar-refractivity contribution in [3.63, 3.8) is 0 Å². The van der Waals surface area contributed by atoms with Crippen LogP contribution in [0, 0.1) is 6.92 Å². The first kappa shape index (κ1) is 15.3. The van der Waals surface area contributed by atoms with Gasteiger partial charge in [0.05, 0.1) is 0 Å². The van der Waals surface area contributed by atoms with Crippen molar-refractivity contribution in [3.8, 4) is 5.75 Å². The van der Waals surface area contributed by atoms with Gasteiger partial charge < -0.3 is 10.5 Å². The molecule has 1 unspecified atom stereocenters. The van der Waals surface area contributed by atoms with Gasteiger partial charge in [0.15, 0.2) is 0 Å². The van der Waals surface area contributed by atoms with Crippen molar-refractivity contribution in [3.05, 3.63) is 39.9 Å². The summed E-state index contributed by atoms with van der Waals surface area (Å²) in [5.74, 6) is 0.972. The van der Waals surface area contributed by atoms with Gasteiger partial charge >= 0.3 is 0 Å². The lowest BCUT2D eigenvalue weighted by Gasteiger charge is -2.16. The number of ether oxygens (including phenoxy) is 1. The molecule has 1 rings (SSSR count). The summed E-state index contributed by atoms with van der Waals surface area (Å²) < 4.78 is 6.93. The second-order valence-electron chi connectivity index (χ2n) is 4.46. The molecule has 0 bridgehead atoms. The van der Waals surface area contributed by atoms with Gasteiger partial charge in [-0.15, -0.1) is 0 Å². The topological polar surface area (TPSA) is 35.2 Å². The highest BCUT2D eigenvalue weighted by Crippen LogP contribution is 2.29. The average molecular weight is 312 g/mol. The first-order valence-electron chi connectivity index (χ1n) is 6.37. The monoisotopic (exact) mass is 311 g/mol. The Bertz CT molecular complexity index is 415. The summed E-state index contributed by atoms with van der Waals surface area (Å²) in [6.07, 6.45) is 5.82. The molecule has 0 aliphatic rings. The molecule has 1 aromatic carbocycles. The van der Waals surface area contributed by atoms with Crippen molar-refractivity contribution >= 4 is 15.9 Å². The predicted molar refractivity (Wildman–Crippen MR) is 81.2 cm³/mol. The van der Waals surface area contributed by atoms with E-state index >= 15 is 0 Å². The summed E-state index contributed by atoms with van der Waals surface area (Å²) in [5, 5.41) is 0. The molecule has 2 N–H and O–H groups in total. The van der Waals surface area contributed by atoms with E-state index in [1.165, 1.54) is 5.56 Å². The average Bonchev–Trinajstić information content (AvgIpc) is 2.32. The molecule has 3 heteroatoms. The van der Waals surface area contributed by atoms with Crippen LogP contribution in [0.15, 0.2) is 28.8 Å². The Morgan fingerprint density at radius 2 is 2.17 bits per heavy atom. The highest BCUT2D eigenvalue weighted by atomic mass is 79.9. The number of nitrogens with two attached hydrogens (primary N) is 1. The maximum absolute atomic E-state index is 6.04. The molecule has 0 spiro atoms. The molecule has 1 atom stereocenters. The largest absolute Gasteiger partial charge is 0.489 e. The van der Waals surface area contributed by atoms with Crippen molar-refractivity contribution in [2.24, 2.45) is 5.73 Å². The van der Waals surface area contributed by atoms with Gasteiger partial charge in [-0.05, 0) is 49.9 Å². The van der Waals surface area contributed by atoms with Crippen LogP contribution >= 0.6 is 15.9 Å². The van der Waals surface area contributed by atoms with Gasteiger partial charge in [0.25, 0.3) is 0 Å². The number of hydrogen-bond acceptors (Lipinski definition) is 2. The van der Waals surface area contributed by atoms with Crippen LogP contribution in [0.25, 0.3) is 0 Å². The van der Waals surface area contributed by atoms with E-state index in [0.29, 0.717) is 6.61 Å². The first-order chi connectivity index (χ1) is 8.58. The minimum absolute atomic E-state index is 0.183. The van der Waals surface area contributed by atoms with Crippen LogP contribution in [-0.4, -0.2) is 12.6 Å². The zero-order valence-corrected chi connectivity index (χ0v) is 13.0. The van der Waals surface area contributed by atoms with Crippen LogP contribution in [0.1, 0.15) is 31.4 Å². The minimum Gasteiger partial charge on any atom is -0.489 e. The summed E-state index contributed by atoms with van der Waals surface area (Å²) >= 11 is 3.53. The summed E-state index contributed by atoms with van der Waals surface area (Å²) in [6, 6.07) is 4.36. The van der Waals surface area contributed by atoms with Crippen molar-refractivity contribution in [1.29, 1.82) is 0 Å². The highest BCUT2D eigenvalue weighted by Gasteiger charge is 2.11. The van der Waals surface area contributed by atoms with Gasteiger partial charge in [0.2, 0.25) is 0 Å². The van der Waals surface area contributed by atoms with E-state index in [-0.39, 0.29) is 6.04 Å². The second-order valence-corrected chi connectivity index (χ2v) is 5.38. The van der Waals surface area contributed by atoms with Crippen LogP contribution in [0.2, 0.25) is 0 Å². The third-order valence-corrected chi connectivity index (χ3v) is 3.34. The number of aryl methyl sites for hydroxylation is 1. The maximum atomic E-state index is 6.04. The van der Waals surface area contributed by atoms with Crippen LogP contribution in [0.4, 0.5) is 0 Å². The lowest BCUT2D eigenvalue weighted by atomic mass is 10.0. The van der Waals surface area contributed by atoms with Crippen LogP contribution < -0.4 is 10.5 Å². The van der Waals surface area contributed by atoms with Crippen LogP contribution in [-0.2, 0) is 6.42 Å². The van der Waals surface area contributed by atoms with Gasteiger partial charge in [-0.25, -0.2) is 0 Å². The molecule has 0 aliphatic carbocycles. The Hall–Kier alpha value is -0.800. The summed E-state index contributed by atoms with van der Waals surface area (Å²) in [7, 11) is 0. The molecule has 0 aliphatic heterocycles. The zero-order chi connectivity index (χ0) is 13.5. The zero-order valence-electron chi connectivity index (χ0n) is 11.4. The smallest absolute Gasteiger partial charge is 0.126 e. The number of benzene rings is 1. The van der Waals surface area contributed by atoms with Gasteiger partial charge in [0, 0.05) is 10.5 Å². The Labute approximate surface area is 118 Å². The van der Waals surface area contributed by atoms with Crippen molar-refractivity contribution in [1.82, 2.24) is 0 Å². The molecule has 2 nitrogen and oxygen atoms in total. The summed E-state index contributed by atoms with van der Waals surface area (Å²) in [5.41, 5.74) is 8.37. The third-order valence-electron chi connectivity index (χ3n) is 2.88. The molecule has 0 saturated heterocycles. The predicted octanol–water partition coefficient (Wildman–Crippen LogP) is 3.99. The maximum Gasteiger partial charge on any atom is 0.126 e. The van der Waals surface area contributed by atoms with E-state index in [1.807, 2.05) is 19.1 Å². The third kappa shape index (κ3) is 4.46. The fourth-order valence-electron chi connectivity index (χ4n) is 1.81.